The normalized spacial score (nSPS) is 10.5. The van der Waals surface area contributed by atoms with Crippen LogP contribution in [0.2, 0.25) is 0 Å². The van der Waals surface area contributed by atoms with E-state index in [4.69, 9.17) is 4.74 Å². The van der Waals surface area contributed by atoms with Crippen molar-refractivity contribution in [1.82, 2.24) is 4.98 Å². The van der Waals surface area contributed by atoms with Crippen LogP contribution in [0.3, 0.4) is 0 Å². The number of hydrogen-bond acceptors (Lipinski definition) is 4. The number of carbonyl (C=O) groups is 1. The second kappa shape index (κ2) is 5.48. The molecule has 5 heteroatoms. The Morgan fingerprint density at radius 2 is 2.16 bits per heavy atom. The molecule has 1 heterocycles. The number of benzene rings is 1. The predicted molar refractivity (Wildman–Crippen MR) is 72.9 cm³/mol. The molecular weight excluding hydrogens is 265 g/mol. The van der Waals surface area contributed by atoms with Crippen LogP contribution in [0, 0.1) is 19.7 Å². The van der Waals surface area contributed by atoms with E-state index in [9.17, 15) is 9.18 Å². The largest absolute Gasteiger partial charge is 0.462 e. The van der Waals surface area contributed by atoms with Crippen LogP contribution >= 0.6 is 11.3 Å². The van der Waals surface area contributed by atoms with E-state index in [1.807, 2.05) is 0 Å². The van der Waals surface area contributed by atoms with Gasteiger partial charge in [0.25, 0.3) is 0 Å². The molecule has 100 valence electrons. The zero-order chi connectivity index (χ0) is 14.0. The molecule has 0 aliphatic rings. The highest BCUT2D eigenvalue weighted by Crippen LogP contribution is 2.29. The van der Waals surface area contributed by atoms with Crippen molar-refractivity contribution in [3.63, 3.8) is 0 Å². The quantitative estimate of drug-likeness (QED) is 0.803. The Morgan fingerprint density at radius 3 is 2.79 bits per heavy atom. The SMILES string of the molecule is CCOC(=O)c1sc(-c2ccc(F)c(C)c2)nc1C. The maximum atomic E-state index is 13.2. The number of aryl methyl sites for hydroxylation is 2. The summed E-state index contributed by atoms with van der Waals surface area (Å²) < 4.78 is 18.2. The molecule has 0 unspecified atom stereocenters. The Labute approximate surface area is 115 Å². The van der Waals surface area contributed by atoms with Crippen LogP contribution in [0.15, 0.2) is 18.2 Å². The lowest BCUT2D eigenvalue weighted by Gasteiger charge is -1.99. The molecule has 0 radical (unpaired) electrons. The molecule has 0 fully saturated rings. The van der Waals surface area contributed by atoms with Crippen LogP contribution in [0.25, 0.3) is 10.6 Å². The maximum absolute atomic E-state index is 13.2. The van der Waals surface area contributed by atoms with Crippen molar-refractivity contribution in [2.45, 2.75) is 20.8 Å². The lowest BCUT2D eigenvalue weighted by molar-refractivity contribution is 0.0531. The molecule has 0 N–H and O–H groups in total. The van der Waals surface area contributed by atoms with Crippen molar-refractivity contribution in [2.24, 2.45) is 0 Å². The van der Waals surface area contributed by atoms with Gasteiger partial charge in [0.2, 0.25) is 0 Å². The molecule has 3 nitrogen and oxygen atoms in total. The zero-order valence-corrected chi connectivity index (χ0v) is 11.8. The number of rotatable bonds is 3. The Balaban J connectivity index is 2.38. The van der Waals surface area contributed by atoms with Crippen molar-refractivity contribution in [3.8, 4) is 10.6 Å². The summed E-state index contributed by atoms with van der Waals surface area (Å²) in [6, 6.07) is 4.80. The van der Waals surface area contributed by atoms with E-state index in [1.165, 1.54) is 17.4 Å². The van der Waals surface area contributed by atoms with Gasteiger partial charge in [-0.25, -0.2) is 14.2 Å². The standard InChI is InChI=1S/C14H14FNO2S/c1-4-18-14(17)12-9(3)16-13(19-12)10-5-6-11(15)8(2)7-10/h5-7H,4H2,1-3H3. The highest BCUT2D eigenvalue weighted by molar-refractivity contribution is 7.17. The summed E-state index contributed by atoms with van der Waals surface area (Å²) in [4.78, 5) is 16.6. The monoisotopic (exact) mass is 279 g/mol. The summed E-state index contributed by atoms with van der Waals surface area (Å²) in [5.41, 5.74) is 2.01. The van der Waals surface area contributed by atoms with Gasteiger partial charge < -0.3 is 4.74 Å². The summed E-state index contributed by atoms with van der Waals surface area (Å²) in [7, 11) is 0. The number of carbonyl (C=O) groups excluding carboxylic acids is 1. The van der Waals surface area contributed by atoms with Gasteiger partial charge >= 0.3 is 5.97 Å². The molecule has 0 aliphatic carbocycles. The molecule has 0 amide bonds. The molecule has 0 bridgehead atoms. The summed E-state index contributed by atoms with van der Waals surface area (Å²) in [5.74, 6) is -0.606. The molecule has 2 rings (SSSR count). The van der Waals surface area contributed by atoms with Crippen LogP contribution in [-0.2, 0) is 4.74 Å². The van der Waals surface area contributed by atoms with Crippen LogP contribution in [0.1, 0.15) is 27.9 Å². The van der Waals surface area contributed by atoms with Gasteiger partial charge in [-0.05, 0) is 44.5 Å². The number of halogens is 1. The fourth-order valence-corrected chi connectivity index (χ4v) is 2.64. The van der Waals surface area contributed by atoms with Gasteiger partial charge in [0, 0.05) is 5.56 Å². The number of ether oxygens (including phenoxy) is 1. The van der Waals surface area contributed by atoms with E-state index in [2.05, 4.69) is 4.98 Å². The number of aromatic nitrogens is 1. The Kier molecular flexibility index (Phi) is 3.95. The van der Waals surface area contributed by atoms with Crippen LogP contribution in [0.4, 0.5) is 4.39 Å². The van der Waals surface area contributed by atoms with Crippen molar-refractivity contribution in [3.05, 3.63) is 40.2 Å². The Hall–Kier alpha value is -1.75. The highest BCUT2D eigenvalue weighted by Gasteiger charge is 2.17. The first-order chi connectivity index (χ1) is 9.02. The number of nitrogens with zero attached hydrogens (tertiary/aromatic N) is 1. The minimum atomic E-state index is -0.359. The predicted octanol–water partition coefficient (Wildman–Crippen LogP) is 3.74. The van der Waals surface area contributed by atoms with Gasteiger partial charge in [-0.1, -0.05) is 0 Å². The molecule has 0 aliphatic heterocycles. The van der Waals surface area contributed by atoms with E-state index >= 15 is 0 Å². The zero-order valence-electron chi connectivity index (χ0n) is 11.0. The molecule has 0 saturated heterocycles. The summed E-state index contributed by atoms with van der Waals surface area (Å²) in [6.45, 7) is 5.56. The van der Waals surface area contributed by atoms with E-state index in [0.29, 0.717) is 27.7 Å². The first kappa shape index (κ1) is 13.7. The van der Waals surface area contributed by atoms with Gasteiger partial charge in [0.15, 0.2) is 0 Å². The average molecular weight is 279 g/mol. The molecular formula is C14H14FNO2S. The maximum Gasteiger partial charge on any atom is 0.350 e. The fraction of sp³-hybridized carbons (Fsp3) is 0.286. The first-order valence-electron chi connectivity index (χ1n) is 5.94. The molecule has 0 atom stereocenters. The minimum absolute atomic E-state index is 0.248. The van der Waals surface area contributed by atoms with Crippen molar-refractivity contribution >= 4 is 17.3 Å². The summed E-state index contributed by atoms with van der Waals surface area (Å²) in [6.07, 6.45) is 0. The molecule has 2 aromatic rings. The van der Waals surface area contributed by atoms with Crippen molar-refractivity contribution < 1.29 is 13.9 Å². The lowest BCUT2D eigenvalue weighted by atomic mass is 10.1. The topological polar surface area (TPSA) is 39.2 Å². The third kappa shape index (κ3) is 2.81. The smallest absolute Gasteiger partial charge is 0.350 e. The lowest BCUT2D eigenvalue weighted by Crippen LogP contribution is -2.03. The highest BCUT2D eigenvalue weighted by atomic mass is 32.1. The first-order valence-corrected chi connectivity index (χ1v) is 6.75. The van der Waals surface area contributed by atoms with E-state index in [-0.39, 0.29) is 11.8 Å². The van der Waals surface area contributed by atoms with Crippen molar-refractivity contribution in [1.29, 1.82) is 0 Å². The van der Waals surface area contributed by atoms with E-state index in [1.54, 1.807) is 32.9 Å². The van der Waals surface area contributed by atoms with Gasteiger partial charge in [-0.3, -0.25) is 0 Å². The van der Waals surface area contributed by atoms with Gasteiger partial charge in [-0.2, -0.15) is 0 Å². The summed E-state index contributed by atoms with van der Waals surface area (Å²) in [5, 5.41) is 0.698. The van der Waals surface area contributed by atoms with E-state index < -0.39 is 0 Å². The van der Waals surface area contributed by atoms with Crippen LogP contribution in [0.5, 0.6) is 0 Å². The Morgan fingerprint density at radius 1 is 1.42 bits per heavy atom. The minimum Gasteiger partial charge on any atom is -0.462 e. The van der Waals surface area contributed by atoms with Crippen LogP contribution in [-0.4, -0.2) is 17.6 Å². The second-order valence-electron chi connectivity index (χ2n) is 4.12. The summed E-state index contributed by atoms with van der Waals surface area (Å²) >= 11 is 1.27. The number of thiazole rings is 1. The number of hydrogen-bond donors (Lipinski definition) is 0. The van der Waals surface area contributed by atoms with E-state index in [0.717, 1.165) is 5.56 Å². The second-order valence-corrected chi connectivity index (χ2v) is 5.12. The van der Waals surface area contributed by atoms with Gasteiger partial charge in [0.05, 0.1) is 12.3 Å². The average Bonchev–Trinajstić information content (AvgIpc) is 2.75. The molecule has 1 aromatic heterocycles. The van der Waals surface area contributed by atoms with Gasteiger partial charge in [0.1, 0.15) is 15.7 Å². The Bertz CT molecular complexity index is 622. The molecule has 19 heavy (non-hydrogen) atoms. The van der Waals surface area contributed by atoms with Crippen molar-refractivity contribution in [2.75, 3.05) is 6.61 Å². The van der Waals surface area contributed by atoms with Crippen LogP contribution < -0.4 is 0 Å². The third-order valence-corrected chi connectivity index (χ3v) is 3.85. The number of esters is 1. The third-order valence-electron chi connectivity index (χ3n) is 2.66. The molecule has 1 aromatic carbocycles. The molecule has 0 saturated carbocycles. The van der Waals surface area contributed by atoms with Gasteiger partial charge in [-0.15, -0.1) is 11.3 Å². The molecule has 0 spiro atoms. The fourth-order valence-electron chi connectivity index (χ4n) is 1.68.